The van der Waals surface area contributed by atoms with Gasteiger partial charge in [0, 0.05) is 22.8 Å². The van der Waals surface area contributed by atoms with Crippen LogP contribution in [0, 0.1) is 20.8 Å². The maximum Gasteiger partial charge on any atom is 0.262 e. The number of aryl methyl sites for hydroxylation is 3. The number of ether oxygens (including phenoxy) is 1. The monoisotopic (exact) mass is 486 g/mol. The van der Waals surface area contributed by atoms with Crippen LogP contribution in [0.1, 0.15) is 23.9 Å². The molecule has 0 bridgehead atoms. The fraction of sp³-hybridized carbons (Fsp3) is 0.261. The maximum atomic E-state index is 13.0. The third-order valence-electron chi connectivity index (χ3n) is 4.47. The van der Waals surface area contributed by atoms with Gasteiger partial charge in [0.15, 0.2) is 5.16 Å². The first-order chi connectivity index (χ1) is 15.7. The van der Waals surface area contributed by atoms with E-state index in [2.05, 4.69) is 20.0 Å². The molecule has 0 aliphatic carbocycles. The Hall–Kier alpha value is -3.11. The molecule has 0 aliphatic rings. The molecular weight excluding hydrogens is 460 g/mol. The topological polar surface area (TPSA) is 110 Å². The number of rotatable bonds is 9. The maximum absolute atomic E-state index is 13.0. The van der Waals surface area contributed by atoms with Crippen molar-refractivity contribution in [2.45, 2.75) is 37.7 Å². The Kier molecular flexibility index (Phi) is 7.93. The fourth-order valence-electron chi connectivity index (χ4n) is 3.05. The van der Waals surface area contributed by atoms with E-state index in [1.807, 2.05) is 26.8 Å². The third-order valence-corrected chi connectivity index (χ3v) is 6.84. The molecule has 0 atom stereocenters. The van der Waals surface area contributed by atoms with Gasteiger partial charge in [-0.2, -0.15) is 0 Å². The molecule has 0 spiro atoms. The number of aromatic nitrogens is 2. The summed E-state index contributed by atoms with van der Waals surface area (Å²) in [6.07, 6.45) is 0. The standard InChI is InChI=1S/C23H26N4O4S2/c1-5-31-20-10-8-18(9-11-20)27-33(29,30)21-13-19(7-6-15(21)2)26-22(28)14-32-23-24-16(3)12-17(4)25-23/h6-13,27H,5,14H2,1-4H3,(H,26,28). The number of hydrogen-bond acceptors (Lipinski definition) is 7. The van der Waals surface area contributed by atoms with Crippen molar-refractivity contribution >= 4 is 39.1 Å². The summed E-state index contributed by atoms with van der Waals surface area (Å²) in [6.45, 7) is 7.84. The number of sulfonamides is 1. The molecule has 0 saturated carbocycles. The van der Waals surface area contributed by atoms with Gasteiger partial charge in [0.1, 0.15) is 5.75 Å². The number of thioether (sulfide) groups is 1. The summed E-state index contributed by atoms with van der Waals surface area (Å²) in [5.41, 5.74) is 3.03. The smallest absolute Gasteiger partial charge is 0.262 e. The summed E-state index contributed by atoms with van der Waals surface area (Å²) in [6, 6.07) is 13.3. The van der Waals surface area contributed by atoms with E-state index in [-0.39, 0.29) is 16.6 Å². The number of anilines is 2. The Morgan fingerprint density at radius 2 is 1.61 bits per heavy atom. The molecule has 174 valence electrons. The number of hydrogen-bond donors (Lipinski definition) is 2. The Bertz CT molecular complexity index is 1230. The number of carbonyl (C=O) groups is 1. The highest BCUT2D eigenvalue weighted by atomic mass is 32.2. The molecule has 0 aliphatic heterocycles. The second kappa shape index (κ2) is 10.7. The molecule has 0 radical (unpaired) electrons. The summed E-state index contributed by atoms with van der Waals surface area (Å²) in [7, 11) is -3.86. The van der Waals surface area contributed by atoms with Gasteiger partial charge in [-0.1, -0.05) is 17.8 Å². The van der Waals surface area contributed by atoms with Gasteiger partial charge in [-0.25, -0.2) is 18.4 Å². The molecule has 10 heteroatoms. The zero-order chi connectivity index (χ0) is 24.0. The van der Waals surface area contributed by atoms with E-state index in [9.17, 15) is 13.2 Å². The number of nitrogens with one attached hydrogen (secondary N) is 2. The van der Waals surface area contributed by atoms with E-state index in [4.69, 9.17) is 4.74 Å². The number of amides is 1. The second-order valence-corrected chi connectivity index (χ2v) is 9.91. The van der Waals surface area contributed by atoms with Crippen LogP contribution in [0.2, 0.25) is 0 Å². The SMILES string of the molecule is CCOc1ccc(NS(=O)(=O)c2cc(NC(=O)CSc3nc(C)cc(C)n3)ccc2C)cc1. The lowest BCUT2D eigenvalue weighted by molar-refractivity contribution is -0.113. The average Bonchev–Trinajstić information content (AvgIpc) is 2.74. The van der Waals surface area contributed by atoms with Gasteiger partial charge in [-0.15, -0.1) is 0 Å². The summed E-state index contributed by atoms with van der Waals surface area (Å²) < 4.78 is 33.9. The quantitative estimate of drug-likeness (QED) is 0.342. The van der Waals surface area contributed by atoms with Gasteiger partial charge in [-0.05, 0) is 75.7 Å². The molecule has 1 aromatic heterocycles. The Labute approximate surface area is 198 Å². The van der Waals surface area contributed by atoms with Gasteiger partial charge >= 0.3 is 0 Å². The van der Waals surface area contributed by atoms with Crippen molar-refractivity contribution < 1.29 is 17.9 Å². The molecule has 1 amide bonds. The van der Waals surface area contributed by atoms with Crippen LogP contribution in [0.4, 0.5) is 11.4 Å². The van der Waals surface area contributed by atoms with E-state index in [1.165, 1.54) is 17.8 Å². The first-order valence-electron chi connectivity index (χ1n) is 10.3. The Morgan fingerprint density at radius 1 is 0.970 bits per heavy atom. The summed E-state index contributed by atoms with van der Waals surface area (Å²) in [5.74, 6) is 0.475. The van der Waals surface area contributed by atoms with Gasteiger partial charge in [0.05, 0.1) is 17.3 Å². The van der Waals surface area contributed by atoms with Crippen molar-refractivity contribution in [2.75, 3.05) is 22.4 Å². The van der Waals surface area contributed by atoms with E-state index in [1.54, 1.807) is 43.3 Å². The Balaban J connectivity index is 1.69. The normalized spacial score (nSPS) is 11.2. The zero-order valence-electron chi connectivity index (χ0n) is 18.9. The average molecular weight is 487 g/mol. The number of carbonyl (C=O) groups excluding carboxylic acids is 1. The first kappa shape index (κ1) is 24.5. The van der Waals surface area contributed by atoms with Gasteiger partial charge < -0.3 is 10.1 Å². The first-order valence-corrected chi connectivity index (χ1v) is 12.7. The van der Waals surface area contributed by atoms with Crippen molar-refractivity contribution in [3.63, 3.8) is 0 Å². The fourth-order valence-corrected chi connectivity index (χ4v) is 5.13. The highest BCUT2D eigenvalue weighted by Gasteiger charge is 2.18. The molecule has 3 aromatic rings. The molecule has 33 heavy (non-hydrogen) atoms. The van der Waals surface area contributed by atoms with Crippen LogP contribution in [0.15, 0.2) is 58.6 Å². The second-order valence-electron chi connectivity index (χ2n) is 7.31. The van der Waals surface area contributed by atoms with E-state index in [0.717, 1.165) is 11.4 Å². The van der Waals surface area contributed by atoms with E-state index < -0.39 is 10.0 Å². The van der Waals surface area contributed by atoms with E-state index in [0.29, 0.717) is 34.5 Å². The lowest BCUT2D eigenvalue weighted by atomic mass is 10.2. The van der Waals surface area contributed by atoms with Crippen molar-refractivity contribution in [2.24, 2.45) is 0 Å². The van der Waals surface area contributed by atoms with Gasteiger partial charge in [-0.3, -0.25) is 9.52 Å². The van der Waals surface area contributed by atoms with Gasteiger partial charge in [0.2, 0.25) is 5.91 Å². The molecule has 1 heterocycles. The predicted octanol–water partition coefficient (Wildman–Crippen LogP) is 4.33. The highest BCUT2D eigenvalue weighted by molar-refractivity contribution is 7.99. The van der Waals surface area contributed by atoms with Crippen molar-refractivity contribution in [1.82, 2.24) is 9.97 Å². The van der Waals surface area contributed by atoms with Crippen molar-refractivity contribution in [3.05, 3.63) is 65.5 Å². The zero-order valence-corrected chi connectivity index (χ0v) is 20.5. The molecule has 0 unspecified atom stereocenters. The molecule has 2 aromatic carbocycles. The van der Waals surface area contributed by atoms with E-state index >= 15 is 0 Å². The Morgan fingerprint density at radius 3 is 2.24 bits per heavy atom. The van der Waals surface area contributed by atoms with Crippen LogP contribution < -0.4 is 14.8 Å². The van der Waals surface area contributed by atoms with Crippen LogP contribution in [-0.4, -0.2) is 36.7 Å². The summed E-state index contributed by atoms with van der Waals surface area (Å²) in [4.78, 5) is 21.1. The number of nitrogens with zero attached hydrogens (tertiary/aromatic N) is 2. The lowest BCUT2D eigenvalue weighted by Gasteiger charge is -2.13. The van der Waals surface area contributed by atoms with Crippen LogP contribution in [0.3, 0.4) is 0 Å². The predicted molar refractivity (Wildman–Crippen MR) is 130 cm³/mol. The molecular formula is C23H26N4O4S2. The minimum absolute atomic E-state index is 0.0829. The summed E-state index contributed by atoms with van der Waals surface area (Å²) >= 11 is 1.22. The summed E-state index contributed by atoms with van der Waals surface area (Å²) in [5, 5.41) is 3.26. The van der Waals surface area contributed by atoms with Gasteiger partial charge in [0.25, 0.3) is 10.0 Å². The minimum atomic E-state index is -3.86. The third kappa shape index (κ3) is 6.93. The van der Waals surface area contributed by atoms with Crippen LogP contribution in [0.5, 0.6) is 5.75 Å². The largest absolute Gasteiger partial charge is 0.494 e. The molecule has 3 rings (SSSR count). The molecule has 8 nitrogen and oxygen atoms in total. The van der Waals surface area contributed by atoms with Crippen molar-refractivity contribution in [3.8, 4) is 5.75 Å². The molecule has 0 saturated heterocycles. The van der Waals surface area contributed by atoms with Crippen LogP contribution in [-0.2, 0) is 14.8 Å². The lowest BCUT2D eigenvalue weighted by Crippen LogP contribution is -2.17. The van der Waals surface area contributed by atoms with Crippen molar-refractivity contribution in [1.29, 1.82) is 0 Å². The minimum Gasteiger partial charge on any atom is -0.494 e. The molecule has 0 fully saturated rings. The van der Waals surface area contributed by atoms with Crippen LogP contribution >= 0.6 is 11.8 Å². The highest BCUT2D eigenvalue weighted by Crippen LogP contribution is 2.24. The number of benzene rings is 2. The molecule has 2 N–H and O–H groups in total. The van der Waals surface area contributed by atoms with Crippen LogP contribution in [0.25, 0.3) is 0 Å².